The quantitative estimate of drug-likeness (QED) is 0.238. The van der Waals surface area contributed by atoms with Crippen LogP contribution >= 0.6 is 0 Å². The summed E-state index contributed by atoms with van der Waals surface area (Å²) >= 11 is 0. The van der Waals surface area contributed by atoms with Crippen LogP contribution in [0.5, 0.6) is 0 Å². The second kappa shape index (κ2) is 14.3. The molecule has 0 heterocycles. The number of hydrogen-bond donors (Lipinski definition) is 0. The van der Waals surface area contributed by atoms with Crippen molar-refractivity contribution in [1.82, 2.24) is 0 Å². The summed E-state index contributed by atoms with van der Waals surface area (Å²) in [6.07, 6.45) is 11.2. The highest BCUT2D eigenvalue weighted by Gasteiger charge is 2.37. The lowest BCUT2D eigenvalue weighted by Gasteiger charge is -2.40. The lowest BCUT2D eigenvalue weighted by molar-refractivity contribution is 0.497. The molecule has 0 aliphatic rings. The summed E-state index contributed by atoms with van der Waals surface area (Å²) in [4.78, 5) is 0. The molecule has 0 amide bonds. The zero-order valence-corrected chi connectivity index (χ0v) is 20.3. The van der Waals surface area contributed by atoms with E-state index in [2.05, 4.69) is 55.4 Å². The van der Waals surface area contributed by atoms with E-state index in [4.69, 9.17) is 0 Å². The average molecular weight is 369 g/mol. The highest BCUT2D eigenvalue weighted by Crippen LogP contribution is 2.41. The van der Waals surface area contributed by atoms with Gasteiger partial charge in [-0.3, -0.25) is 0 Å². The normalized spacial score (nSPS) is 19.2. The molecule has 0 aromatic carbocycles. The molecule has 0 aromatic heterocycles. The van der Waals surface area contributed by atoms with Crippen LogP contribution in [0.25, 0.3) is 0 Å². The molecule has 0 saturated carbocycles. The van der Waals surface area contributed by atoms with E-state index in [0.717, 1.165) is 23.7 Å². The van der Waals surface area contributed by atoms with Gasteiger partial charge in [0.2, 0.25) is 0 Å². The van der Waals surface area contributed by atoms with E-state index in [-0.39, 0.29) is 0 Å². The fourth-order valence-electron chi connectivity index (χ4n) is 5.84. The third kappa shape index (κ3) is 11.5. The van der Waals surface area contributed by atoms with Gasteiger partial charge in [0, 0.05) is 0 Å². The van der Waals surface area contributed by atoms with E-state index in [1.807, 2.05) is 0 Å². The number of hydrogen-bond acceptors (Lipinski definition) is 0. The van der Waals surface area contributed by atoms with Gasteiger partial charge in [-0.15, -0.1) is 0 Å². The van der Waals surface area contributed by atoms with E-state index in [9.17, 15) is 0 Å². The molecule has 25 heavy (non-hydrogen) atoms. The molecule has 0 nitrogen and oxygen atoms in total. The van der Waals surface area contributed by atoms with E-state index in [1.54, 1.807) is 24.2 Å². The average Bonchev–Trinajstić information content (AvgIpc) is 2.47. The molecule has 0 N–H and O–H groups in total. The molecule has 0 rings (SSSR count). The maximum Gasteiger partial charge on any atom is 0.0546 e. The van der Waals surface area contributed by atoms with E-state index in [1.165, 1.54) is 51.4 Å². The highest BCUT2D eigenvalue weighted by molar-refractivity contribution is 6.80. The lowest BCUT2D eigenvalue weighted by atomic mass is 10.1. The summed E-state index contributed by atoms with van der Waals surface area (Å²) in [7, 11) is -1.20. The molecule has 0 aliphatic heterocycles. The largest absolute Gasteiger partial charge is 0.0654 e. The third-order valence-electron chi connectivity index (χ3n) is 6.25. The standard InChI is InChI=1S/C24H52Si/c1-9-13-21(5)17-25(18-22(6)14-10-2,19-23(7)15-11-3)20-24(8)16-12-4/h21-24H,9-20H2,1-8H3. The summed E-state index contributed by atoms with van der Waals surface area (Å²) in [5.74, 6) is 3.81. The van der Waals surface area contributed by atoms with Crippen LogP contribution in [-0.4, -0.2) is 8.07 Å². The minimum atomic E-state index is -1.20. The first-order valence-electron chi connectivity index (χ1n) is 11.8. The predicted octanol–water partition coefficient (Wildman–Crippen LogP) is 9.18. The van der Waals surface area contributed by atoms with Crippen LogP contribution in [-0.2, 0) is 0 Å². The predicted molar refractivity (Wildman–Crippen MR) is 121 cm³/mol. The van der Waals surface area contributed by atoms with E-state index in [0.29, 0.717) is 0 Å². The Bertz CT molecular complexity index is 237. The van der Waals surface area contributed by atoms with Gasteiger partial charge < -0.3 is 0 Å². The van der Waals surface area contributed by atoms with Crippen molar-refractivity contribution < 1.29 is 0 Å². The molecule has 0 fully saturated rings. The Balaban J connectivity index is 5.39. The topological polar surface area (TPSA) is 0 Å². The van der Waals surface area contributed by atoms with Gasteiger partial charge in [0.15, 0.2) is 0 Å². The number of rotatable bonds is 16. The first-order valence-corrected chi connectivity index (χ1v) is 14.6. The minimum Gasteiger partial charge on any atom is -0.0654 e. The molecule has 4 atom stereocenters. The molecule has 1 heteroatoms. The molecule has 152 valence electrons. The van der Waals surface area contributed by atoms with Crippen LogP contribution in [0.15, 0.2) is 0 Å². The van der Waals surface area contributed by atoms with Crippen LogP contribution in [0.1, 0.15) is 107 Å². The Morgan fingerprint density at radius 3 is 0.800 bits per heavy atom. The zero-order valence-electron chi connectivity index (χ0n) is 19.3. The van der Waals surface area contributed by atoms with Gasteiger partial charge in [0.05, 0.1) is 8.07 Å². The Morgan fingerprint density at radius 1 is 0.440 bits per heavy atom. The van der Waals surface area contributed by atoms with Gasteiger partial charge in [-0.25, -0.2) is 0 Å². The fraction of sp³-hybridized carbons (Fsp3) is 1.00. The summed E-state index contributed by atoms with van der Waals surface area (Å²) in [5, 5.41) is 0. The Labute approximate surface area is 163 Å². The molecular weight excluding hydrogens is 316 g/mol. The van der Waals surface area contributed by atoms with Crippen molar-refractivity contribution in [2.24, 2.45) is 23.7 Å². The van der Waals surface area contributed by atoms with Crippen LogP contribution in [0.2, 0.25) is 24.2 Å². The smallest absolute Gasteiger partial charge is 0.0546 e. The monoisotopic (exact) mass is 368 g/mol. The summed E-state index contributed by atoms with van der Waals surface area (Å²) in [5.41, 5.74) is 0. The van der Waals surface area contributed by atoms with Crippen molar-refractivity contribution in [2.45, 2.75) is 131 Å². The zero-order chi connectivity index (χ0) is 19.3. The highest BCUT2D eigenvalue weighted by atomic mass is 28.3. The Hall–Kier alpha value is 0.217. The van der Waals surface area contributed by atoms with Crippen molar-refractivity contribution >= 4 is 8.07 Å². The maximum absolute atomic E-state index is 2.56. The molecule has 0 aromatic rings. The molecule has 4 unspecified atom stereocenters. The molecule has 0 bridgehead atoms. The Kier molecular flexibility index (Phi) is 14.4. The van der Waals surface area contributed by atoms with Gasteiger partial charge in [-0.05, 0) is 23.7 Å². The third-order valence-corrected chi connectivity index (χ3v) is 12.5. The molecule has 0 spiro atoms. The first-order chi connectivity index (χ1) is 11.8. The first kappa shape index (κ1) is 25.2. The van der Waals surface area contributed by atoms with Gasteiger partial charge >= 0.3 is 0 Å². The van der Waals surface area contributed by atoms with Crippen LogP contribution in [0.3, 0.4) is 0 Å². The van der Waals surface area contributed by atoms with Crippen molar-refractivity contribution in [3.8, 4) is 0 Å². The van der Waals surface area contributed by atoms with Gasteiger partial charge in [-0.2, -0.15) is 0 Å². The van der Waals surface area contributed by atoms with Crippen molar-refractivity contribution in [3.63, 3.8) is 0 Å². The van der Waals surface area contributed by atoms with Crippen LogP contribution < -0.4 is 0 Å². The van der Waals surface area contributed by atoms with Gasteiger partial charge in [-0.1, -0.05) is 131 Å². The molecular formula is C24H52Si. The van der Waals surface area contributed by atoms with Crippen molar-refractivity contribution in [1.29, 1.82) is 0 Å². The van der Waals surface area contributed by atoms with Crippen molar-refractivity contribution in [2.75, 3.05) is 0 Å². The maximum atomic E-state index is 2.56. The SMILES string of the molecule is CCCC(C)C[Si](CC(C)CCC)(CC(C)CCC)CC(C)CCC. The van der Waals surface area contributed by atoms with Crippen LogP contribution in [0, 0.1) is 23.7 Å². The molecule has 0 saturated heterocycles. The second-order valence-electron chi connectivity index (χ2n) is 9.89. The second-order valence-corrected chi connectivity index (χ2v) is 14.5. The molecule has 0 radical (unpaired) electrons. The molecule has 0 aliphatic carbocycles. The van der Waals surface area contributed by atoms with Crippen molar-refractivity contribution in [3.05, 3.63) is 0 Å². The minimum absolute atomic E-state index is 0.952. The summed E-state index contributed by atoms with van der Waals surface area (Å²) in [6, 6.07) is 6.43. The summed E-state index contributed by atoms with van der Waals surface area (Å²) < 4.78 is 0. The van der Waals surface area contributed by atoms with E-state index >= 15 is 0 Å². The fourth-order valence-corrected chi connectivity index (χ4v) is 13.6. The van der Waals surface area contributed by atoms with Gasteiger partial charge in [0.25, 0.3) is 0 Å². The van der Waals surface area contributed by atoms with Gasteiger partial charge in [0.1, 0.15) is 0 Å². The lowest BCUT2D eigenvalue weighted by Crippen LogP contribution is -2.41. The van der Waals surface area contributed by atoms with Crippen LogP contribution in [0.4, 0.5) is 0 Å². The van der Waals surface area contributed by atoms with E-state index < -0.39 is 8.07 Å². The Morgan fingerprint density at radius 2 is 0.640 bits per heavy atom. The summed E-state index contributed by atoms with van der Waals surface area (Å²) in [6.45, 7) is 19.7.